The van der Waals surface area contributed by atoms with Gasteiger partial charge in [-0.15, -0.1) is 0 Å². The predicted octanol–water partition coefficient (Wildman–Crippen LogP) is 6.95. The van der Waals surface area contributed by atoms with Crippen molar-refractivity contribution in [3.63, 3.8) is 0 Å². The van der Waals surface area contributed by atoms with E-state index in [0.29, 0.717) is 0 Å². The minimum absolute atomic E-state index is 0.756. The molecule has 162 valence electrons. The summed E-state index contributed by atoms with van der Waals surface area (Å²) in [4.78, 5) is 10.7. The Balaban J connectivity index is 1.32. The number of hydrogen-bond donors (Lipinski definition) is 1. The van der Waals surface area contributed by atoms with Crippen molar-refractivity contribution in [3.8, 4) is 22.4 Å². The molecule has 0 aliphatic carbocycles. The van der Waals surface area contributed by atoms with Gasteiger partial charge in [-0.1, -0.05) is 115 Å². The Labute approximate surface area is 195 Å². The molecule has 0 aliphatic rings. The molecule has 5 aromatic rings. The van der Waals surface area contributed by atoms with Crippen LogP contribution in [0.15, 0.2) is 121 Å². The Bertz CT molecular complexity index is 1220. The van der Waals surface area contributed by atoms with Gasteiger partial charge in [0, 0.05) is 24.8 Å². The molecular formula is C30H27N3. The van der Waals surface area contributed by atoms with Gasteiger partial charge in [0.2, 0.25) is 0 Å². The van der Waals surface area contributed by atoms with Crippen molar-refractivity contribution in [2.45, 2.75) is 19.6 Å². The third-order valence-electron chi connectivity index (χ3n) is 5.79. The molecule has 5 rings (SSSR count). The van der Waals surface area contributed by atoms with Crippen LogP contribution < -0.4 is 0 Å². The molecule has 0 spiro atoms. The molecule has 0 atom stereocenters. The summed E-state index contributed by atoms with van der Waals surface area (Å²) in [6, 6.07) is 40.3. The van der Waals surface area contributed by atoms with Crippen LogP contribution in [0.25, 0.3) is 22.4 Å². The average molecular weight is 430 g/mol. The van der Waals surface area contributed by atoms with Gasteiger partial charge in [0.1, 0.15) is 5.82 Å². The van der Waals surface area contributed by atoms with Crippen LogP contribution >= 0.6 is 0 Å². The molecule has 1 N–H and O–H groups in total. The molecule has 4 aromatic carbocycles. The molecule has 1 heterocycles. The standard InChI is InChI=1S/C30H27N3/c1-4-10-24(11-5-1)21-33(22-25-12-6-2-7-13-25)23-30-31-20-29(32-30)28-18-16-27(17-19-28)26-14-8-3-9-15-26/h1-20H,21-23H2,(H,31,32). The zero-order valence-corrected chi connectivity index (χ0v) is 18.6. The second-order valence-electron chi connectivity index (χ2n) is 8.29. The predicted molar refractivity (Wildman–Crippen MR) is 135 cm³/mol. The van der Waals surface area contributed by atoms with Gasteiger partial charge in [-0.2, -0.15) is 0 Å². The van der Waals surface area contributed by atoms with E-state index in [1.807, 2.05) is 12.3 Å². The highest BCUT2D eigenvalue weighted by Crippen LogP contribution is 2.24. The molecule has 0 amide bonds. The maximum absolute atomic E-state index is 4.91. The van der Waals surface area contributed by atoms with Crippen molar-refractivity contribution >= 4 is 0 Å². The van der Waals surface area contributed by atoms with Crippen molar-refractivity contribution in [2.24, 2.45) is 0 Å². The van der Waals surface area contributed by atoms with E-state index in [1.54, 1.807) is 0 Å². The van der Waals surface area contributed by atoms with Gasteiger partial charge in [0.05, 0.1) is 12.2 Å². The molecule has 3 heteroatoms. The lowest BCUT2D eigenvalue weighted by atomic mass is 10.0. The third kappa shape index (κ3) is 5.46. The van der Waals surface area contributed by atoms with Gasteiger partial charge in [-0.3, -0.25) is 4.90 Å². The lowest BCUT2D eigenvalue weighted by Crippen LogP contribution is -2.23. The maximum Gasteiger partial charge on any atom is 0.121 e. The fraction of sp³-hybridized carbons (Fsp3) is 0.100. The van der Waals surface area contributed by atoms with Crippen LogP contribution in [0.2, 0.25) is 0 Å². The number of benzene rings is 4. The zero-order chi connectivity index (χ0) is 22.3. The number of aromatic nitrogens is 2. The lowest BCUT2D eigenvalue weighted by molar-refractivity contribution is 0.242. The molecule has 0 saturated heterocycles. The van der Waals surface area contributed by atoms with E-state index >= 15 is 0 Å². The molecule has 0 radical (unpaired) electrons. The Morgan fingerprint density at radius 1 is 0.515 bits per heavy atom. The summed E-state index contributed by atoms with van der Waals surface area (Å²) >= 11 is 0. The van der Waals surface area contributed by atoms with E-state index in [0.717, 1.165) is 36.7 Å². The van der Waals surface area contributed by atoms with E-state index in [2.05, 4.69) is 119 Å². The summed E-state index contributed by atoms with van der Waals surface area (Å²) in [5.74, 6) is 0.976. The number of rotatable bonds is 8. The van der Waals surface area contributed by atoms with E-state index in [9.17, 15) is 0 Å². The van der Waals surface area contributed by atoms with Crippen LogP contribution in [-0.4, -0.2) is 14.9 Å². The van der Waals surface area contributed by atoms with Crippen LogP contribution in [-0.2, 0) is 19.6 Å². The van der Waals surface area contributed by atoms with Gasteiger partial charge in [0.15, 0.2) is 0 Å². The number of nitrogens with zero attached hydrogens (tertiary/aromatic N) is 2. The molecule has 0 fully saturated rings. The van der Waals surface area contributed by atoms with Gasteiger partial charge in [0.25, 0.3) is 0 Å². The first-order valence-corrected chi connectivity index (χ1v) is 11.3. The fourth-order valence-corrected chi connectivity index (χ4v) is 4.12. The molecule has 0 saturated carbocycles. The highest BCUT2D eigenvalue weighted by molar-refractivity contribution is 5.68. The van der Waals surface area contributed by atoms with Crippen molar-refractivity contribution in [3.05, 3.63) is 138 Å². The molecule has 0 unspecified atom stereocenters. The summed E-state index contributed by atoms with van der Waals surface area (Å²) in [5.41, 5.74) is 7.14. The molecule has 1 aromatic heterocycles. The minimum Gasteiger partial charge on any atom is -0.347 e. The molecular weight excluding hydrogens is 402 g/mol. The first kappa shape index (κ1) is 20.9. The fourth-order valence-electron chi connectivity index (χ4n) is 4.12. The second kappa shape index (κ2) is 10.1. The Hall–Kier alpha value is -3.95. The van der Waals surface area contributed by atoms with Gasteiger partial charge < -0.3 is 4.98 Å². The largest absolute Gasteiger partial charge is 0.347 e. The number of hydrogen-bond acceptors (Lipinski definition) is 2. The highest BCUT2D eigenvalue weighted by Gasteiger charge is 2.12. The van der Waals surface area contributed by atoms with Gasteiger partial charge >= 0.3 is 0 Å². The van der Waals surface area contributed by atoms with Gasteiger partial charge in [-0.25, -0.2) is 4.98 Å². The van der Waals surface area contributed by atoms with Gasteiger partial charge in [-0.05, 0) is 22.3 Å². The second-order valence-corrected chi connectivity index (χ2v) is 8.29. The maximum atomic E-state index is 4.91. The summed E-state index contributed by atoms with van der Waals surface area (Å²) in [5, 5.41) is 0. The average Bonchev–Trinajstić information content (AvgIpc) is 3.34. The smallest absolute Gasteiger partial charge is 0.121 e. The van der Waals surface area contributed by atoms with Crippen LogP contribution in [0.4, 0.5) is 0 Å². The lowest BCUT2D eigenvalue weighted by Gasteiger charge is -2.21. The molecule has 0 aliphatic heterocycles. The number of aromatic amines is 1. The van der Waals surface area contributed by atoms with E-state index < -0.39 is 0 Å². The first-order chi connectivity index (χ1) is 16.3. The normalized spacial score (nSPS) is 11.1. The van der Waals surface area contributed by atoms with Crippen LogP contribution in [0.5, 0.6) is 0 Å². The Kier molecular flexibility index (Phi) is 6.41. The Morgan fingerprint density at radius 3 is 1.58 bits per heavy atom. The minimum atomic E-state index is 0.756. The zero-order valence-electron chi connectivity index (χ0n) is 18.6. The SMILES string of the molecule is c1ccc(CN(Cc2ccccc2)Cc2nc(-c3ccc(-c4ccccc4)cc3)c[nH]2)cc1. The molecule has 0 bridgehead atoms. The number of H-pyrrole nitrogens is 1. The first-order valence-electron chi connectivity index (χ1n) is 11.3. The van der Waals surface area contributed by atoms with E-state index in [1.165, 1.54) is 22.3 Å². The molecule has 3 nitrogen and oxygen atoms in total. The van der Waals surface area contributed by atoms with E-state index in [4.69, 9.17) is 4.98 Å². The third-order valence-corrected chi connectivity index (χ3v) is 5.79. The van der Waals surface area contributed by atoms with Crippen molar-refractivity contribution in [1.82, 2.24) is 14.9 Å². The Morgan fingerprint density at radius 2 is 1.00 bits per heavy atom. The van der Waals surface area contributed by atoms with Crippen LogP contribution in [0.3, 0.4) is 0 Å². The number of imidazole rings is 1. The summed E-state index contributed by atoms with van der Waals surface area (Å²) in [7, 11) is 0. The summed E-state index contributed by atoms with van der Waals surface area (Å²) in [6.45, 7) is 2.50. The van der Waals surface area contributed by atoms with Crippen molar-refractivity contribution < 1.29 is 0 Å². The molecule has 33 heavy (non-hydrogen) atoms. The van der Waals surface area contributed by atoms with Crippen molar-refractivity contribution in [2.75, 3.05) is 0 Å². The van der Waals surface area contributed by atoms with Crippen LogP contribution in [0, 0.1) is 0 Å². The topological polar surface area (TPSA) is 31.9 Å². The summed E-state index contributed by atoms with van der Waals surface area (Å²) < 4.78 is 0. The van der Waals surface area contributed by atoms with Crippen molar-refractivity contribution in [1.29, 1.82) is 0 Å². The summed E-state index contributed by atoms with van der Waals surface area (Å²) in [6.07, 6.45) is 2.01. The number of nitrogens with one attached hydrogen (secondary N) is 1. The monoisotopic (exact) mass is 429 g/mol. The van der Waals surface area contributed by atoms with Crippen LogP contribution in [0.1, 0.15) is 17.0 Å². The van der Waals surface area contributed by atoms with E-state index in [-0.39, 0.29) is 0 Å². The quantitative estimate of drug-likeness (QED) is 0.289. The highest BCUT2D eigenvalue weighted by atomic mass is 15.1.